The first kappa shape index (κ1) is 12.7. The van der Waals surface area contributed by atoms with Crippen molar-refractivity contribution in [2.24, 2.45) is 0 Å². The summed E-state index contributed by atoms with van der Waals surface area (Å²) in [7, 11) is 3.89. The van der Waals surface area contributed by atoms with Gasteiger partial charge in [0, 0.05) is 23.9 Å². The summed E-state index contributed by atoms with van der Waals surface area (Å²) in [6.07, 6.45) is 1.66. The Hall–Kier alpha value is -2.33. The molecule has 0 unspecified atom stereocenters. The van der Waals surface area contributed by atoms with Gasteiger partial charge in [-0.05, 0) is 25.7 Å². The molecule has 0 atom stereocenters. The summed E-state index contributed by atoms with van der Waals surface area (Å²) in [6.45, 7) is 0.684. The molecule has 20 heavy (non-hydrogen) atoms. The molecule has 0 N–H and O–H groups in total. The molecule has 1 aliphatic carbocycles. The molecular formula is C16H14N2O2. The van der Waals surface area contributed by atoms with Crippen molar-refractivity contribution in [2.45, 2.75) is 6.54 Å². The molecule has 0 saturated carbocycles. The monoisotopic (exact) mass is 266 g/mol. The van der Waals surface area contributed by atoms with Gasteiger partial charge in [0.25, 0.3) is 0 Å². The third-order valence-corrected chi connectivity index (χ3v) is 3.32. The highest BCUT2D eigenvalue weighted by Crippen LogP contribution is 2.26. The summed E-state index contributed by atoms with van der Waals surface area (Å²) < 4.78 is 0. The second-order valence-electron chi connectivity index (χ2n) is 5.18. The van der Waals surface area contributed by atoms with Crippen molar-refractivity contribution in [3.05, 3.63) is 64.5 Å². The summed E-state index contributed by atoms with van der Waals surface area (Å²) >= 11 is 0. The van der Waals surface area contributed by atoms with Gasteiger partial charge in [-0.2, -0.15) is 0 Å². The highest BCUT2D eigenvalue weighted by Gasteiger charge is 2.30. The van der Waals surface area contributed by atoms with Crippen LogP contribution in [0.3, 0.4) is 0 Å². The molecule has 1 aliphatic rings. The SMILES string of the molecule is CN(C)Cc1cnc2c(c1)C(=O)c1ccccc1C2=O. The highest BCUT2D eigenvalue weighted by atomic mass is 16.1. The first-order valence-corrected chi connectivity index (χ1v) is 6.40. The second-order valence-corrected chi connectivity index (χ2v) is 5.18. The van der Waals surface area contributed by atoms with Crippen LogP contribution >= 0.6 is 0 Å². The molecule has 2 aromatic rings. The van der Waals surface area contributed by atoms with Gasteiger partial charge in [0.1, 0.15) is 5.69 Å². The van der Waals surface area contributed by atoms with E-state index < -0.39 is 0 Å². The Morgan fingerprint density at radius 1 is 1.00 bits per heavy atom. The second kappa shape index (κ2) is 4.65. The fourth-order valence-corrected chi connectivity index (χ4v) is 2.47. The Morgan fingerprint density at radius 3 is 2.30 bits per heavy atom. The van der Waals surface area contributed by atoms with E-state index in [1.165, 1.54) is 0 Å². The van der Waals surface area contributed by atoms with Crippen LogP contribution in [0, 0.1) is 0 Å². The van der Waals surface area contributed by atoms with E-state index in [0.717, 1.165) is 5.56 Å². The fourth-order valence-electron chi connectivity index (χ4n) is 2.47. The van der Waals surface area contributed by atoms with Crippen molar-refractivity contribution in [2.75, 3.05) is 14.1 Å². The lowest BCUT2D eigenvalue weighted by Crippen LogP contribution is -2.23. The Morgan fingerprint density at radius 2 is 1.65 bits per heavy atom. The zero-order chi connectivity index (χ0) is 14.3. The molecule has 0 aliphatic heterocycles. The molecule has 0 radical (unpaired) electrons. The number of ketones is 2. The first-order chi connectivity index (χ1) is 9.58. The molecule has 0 bridgehead atoms. The molecule has 100 valence electrons. The van der Waals surface area contributed by atoms with Crippen molar-refractivity contribution in [3.8, 4) is 0 Å². The van der Waals surface area contributed by atoms with Crippen molar-refractivity contribution in [1.29, 1.82) is 0 Å². The average molecular weight is 266 g/mol. The maximum Gasteiger partial charge on any atom is 0.212 e. The predicted molar refractivity (Wildman–Crippen MR) is 74.9 cm³/mol. The number of pyridine rings is 1. The summed E-state index contributed by atoms with van der Waals surface area (Å²) in [6, 6.07) is 8.67. The number of rotatable bonds is 2. The van der Waals surface area contributed by atoms with Gasteiger partial charge in [0.05, 0.1) is 5.56 Å². The molecule has 0 fully saturated rings. The standard InChI is InChI=1S/C16H14N2O2/c1-18(2)9-10-7-13-14(17-8-10)16(20)12-6-4-3-5-11(12)15(13)19/h3-8H,9H2,1-2H3. The van der Waals surface area contributed by atoms with E-state index in [4.69, 9.17) is 0 Å². The molecular weight excluding hydrogens is 252 g/mol. The largest absolute Gasteiger partial charge is 0.305 e. The number of carbonyl (C=O) groups is 2. The van der Waals surface area contributed by atoms with Gasteiger partial charge in [0.2, 0.25) is 5.78 Å². The van der Waals surface area contributed by atoms with Crippen LogP contribution in [0.2, 0.25) is 0 Å². The fraction of sp³-hybridized carbons (Fsp3) is 0.188. The molecule has 0 spiro atoms. The molecule has 0 amide bonds. The number of carbonyl (C=O) groups excluding carboxylic acids is 2. The zero-order valence-corrected chi connectivity index (χ0v) is 11.4. The van der Waals surface area contributed by atoms with Crippen molar-refractivity contribution in [3.63, 3.8) is 0 Å². The minimum atomic E-state index is -0.174. The first-order valence-electron chi connectivity index (χ1n) is 6.40. The van der Waals surface area contributed by atoms with Gasteiger partial charge < -0.3 is 4.90 Å². The van der Waals surface area contributed by atoms with Crippen LogP contribution in [0.25, 0.3) is 0 Å². The van der Waals surface area contributed by atoms with Crippen LogP contribution in [-0.4, -0.2) is 35.5 Å². The predicted octanol–water partition coefficient (Wildman–Crippen LogP) is 1.92. The number of benzene rings is 1. The van der Waals surface area contributed by atoms with Crippen molar-refractivity contribution < 1.29 is 9.59 Å². The number of fused-ring (bicyclic) bond motifs is 2. The summed E-state index contributed by atoms with van der Waals surface area (Å²) in [4.78, 5) is 31.0. The van der Waals surface area contributed by atoms with Gasteiger partial charge >= 0.3 is 0 Å². The Kier molecular flexibility index (Phi) is 2.95. The molecule has 0 saturated heterocycles. The van der Waals surface area contributed by atoms with Crippen LogP contribution < -0.4 is 0 Å². The molecule has 4 heteroatoms. The van der Waals surface area contributed by atoms with Crippen molar-refractivity contribution in [1.82, 2.24) is 9.88 Å². The molecule has 1 heterocycles. The maximum atomic E-state index is 12.5. The number of hydrogen-bond acceptors (Lipinski definition) is 4. The summed E-state index contributed by atoms with van der Waals surface area (Å²) in [5.41, 5.74) is 2.50. The third kappa shape index (κ3) is 1.94. The summed E-state index contributed by atoms with van der Waals surface area (Å²) in [5, 5.41) is 0. The molecule has 4 nitrogen and oxygen atoms in total. The number of nitrogens with zero attached hydrogens (tertiary/aromatic N) is 2. The van der Waals surface area contributed by atoms with E-state index in [2.05, 4.69) is 4.98 Å². The van der Waals surface area contributed by atoms with Crippen LogP contribution in [0.4, 0.5) is 0 Å². The van der Waals surface area contributed by atoms with Crippen LogP contribution in [-0.2, 0) is 6.54 Å². The minimum absolute atomic E-state index is 0.122. The minimum Gasteiger partial charge on any atom is -0.305 e. The van der Waals surface area contributed by atoms with Crippen LogP contribution in [0.1, 0.15) is 37.5 Å². The Bertz CT molecular complexity index is 720. The van der Waals surface area contributed by atoms with Gasteiger partial charge in [-0.15, -0.1) is 0 Å². The Balaban J connectivity index is 2.13. The molecule has 1 aromatic heterocycles. The lowest BCUT2D eigenvalue weighted by Gasteiger charge is -2.18. The van der Waals surface area contributed by atoms with Gasteiger partial charge in [-0.1, -0.05) is 24.3 Å². The highest BCUT2D eigenvalue weighted by molar-refractivity contribution is 6.27. The topological polar surface area (TPSA) is 50.3 Å². The van der Waals surface area contributed by atoms with Crippen LogP contribution in [0.5, 0.6) is 0 Å². The quantitative estimate of drug-likeness (QED) is 0.711. The average Bonchev–Trinajstić information content (AvgIpc) is 2.44. The van der Waals surface area contributed by atoms with Gasteiger partial charge in [0.15, 0.2) is 5.78 Å². The van der Waals surface area contributed by atoms with E-state index in [1.54, 1.807) is 36.5 Å². The molecule has 3 rings (SSSR count). The third-order valence-electron chi connectivity index (χ3n) is 3.32. The van der Waals surface area contributed by atoms with Gasteiger partial charge in [-0.3, -0.25) is 14.6 Å². The smallest absolute Gasteiger partial charge is 0.212 e. The van der Waals surface area contributed by atoms with Gasteiger partial charge in [-0.25, -0.2) is 0 Å². The molecule has 1 aromatic carbocycles. The van der Waals surface area contributed by atoms with E-state index in [-0.39, 0.29) is 17.3 Å². The maximum absolute atomic E-state index is 12.5. The summed E-state index contributed by atoms with van der Waals surface area (Å²) in [5.74, 6) is -0.296. The van der Waals surface area contributed by atoms with Crippen LogP contribution in [0.15, 0.2) is 36.5 Å². The Labute approximate surface area is 117 Å². The van der Waals surface area contributed by atoms with E-state index in [0.29, 0.717) is 23.2 Å². The lowest BCUT2D eigenvalue weighted by atomic mass is 9.86. The van der Waals surface area contributed by atoms with E-state index in [1.807, 2.05) is 19.0 Å². The van der Waals surface area contributed by atoms with E-state index >= 15 is 0 Å². The van der Waals surface area contributed by atoms with E-state index in [9.17, 15) is 9.59 Å². The zero-order valence-electron chi connectivity index (χ0n) is 11.4. The van der Waals surface area contributed by atoms with Crippen molar-refractivity contribution >= 4 is 11.6 Å². The lowest BCUT2D eigenvalue weighted by molar-refractivity contribution is 0.0975. The number of hydrogen-bond donors (Lipinski definition) is 0. The number of aromatic nitrogens is 1. The normalized spacial score (nSPS) is 13.3.